The maximum absolute atomic E-state index is 5.96. The van der Waals surface area contributed by atoms with Gasteiger partial charge in [0, 0.05) is 5.02 Å². The van der Waals surface area contributed by atoms with E-state index in [0.29, 0.717) is 5.41 Å². The van der Waals surface area contributed by atoms with Crippen LogP contribution >= 0.6 is 11.6 Å². The summed E-state index contributed by atoms with van der Waals surface area (Å²) in [7, 11) is 2.03. The van der Waals surface area contributed by atoms with Crippen molar-refractivity contribution < 1.29 is 0 Å². The summed E-state index contributed by atoms with van der Waals surface area (Å²) in [6.07, 6.45) is 8.03. The lowest BCUT2D eigenvalue weighted by atomic mass is 9.62. The van der Waals surface area contributed by atoms with Crippen LogP contribution in [0, 0.1) is 0 Å². The van der Waals surface area contributed by atoms with Crippen molar-refractivity contribution >= 4 is 11.6 Å². The predicted octanol–water partition coefficient (Wildman–Crippen LogP) is 4.15. The molecule has 0 unspecified atom stereocenters. The number of hydrogen-bond acceptors (Lipinski definition) is 1. The molecule has 0 spiro atoms. The summed E-state index contributed by atoms with van der Waals surface area (Å²) < 4.78 is 0. The summed E-state index contributed by atoms with van der Waals surface area (Å²) >= 11 is 5.96. The Morgan fingerprint density at radius 2 is 1.88 bits per heavy atom. The Morgan fingerprint density at radius 1 is 1.18 bits per heavy atom. The molecule has 1 saturated carbocycles. The van der Waals surface area contributed by atoms with Gasteiger partial charge in [0.05, 0.1) is 0 Å². The highest BCUT2D eigenvalue weighted by Gasteiger charge is 2.37. The lowest BCUT2D eigenvalue weighted by Gasteiger charge is -2.43. The van der Waals surface area contributed by atoms with Crippen molar-refractivity contribution in [2.24, 2.45) is 0 Å². The first-order valence-electron chi connectivity index (χ1n) is 6.67. The Hall–Kier alpha value is -0.530. The Labute approximate surface area is 110 Å². The Balaban J connectivity index is 1.96. The van der Waals surface area contributed by atoms with Crippen molar-refractivity contribution in [2.45, 2.75) is 43.9 Å². The zero-order valence-electron chi connectivity index (χ0n) is 10.6. The highest BCUT2D eigenvalue weighted by atomic mass is 35.5. The van der Waals surface area contributed by atoms with Crippen LogP contribution in [0.5, 0.6) is 0 Å². The van der Waals surface area contributed by atoms with E-state index in [1.807, 2.05) is 19.2 Å². The van der Waals surface area contributed by atoms with E-state index in [2.05, 4.69) is 17.4 Å². The van der Waals surface area contributed by atoms with Crippen LogP contribution in [0.3, 0.4) is 0 Å². The minimum absolute atomic E-state index is 0.471. The number of hydrogen-bond donors (Lipinski definition) is 1. The number of rotatable bonds is 6. The molecule has 1 N–H and O–H groups in total. The van der Waals surface area contributed by atoms with Gasteiger partial charge in [-0.1, -0.05) is 36.6 Å². The van der Waals surface area contributed by atoms with E-state index in [1.54, 1.807) is 0 Å². The van der Waals surface area contributed by atoms with Gasteiger partial charge in [-0.3, -0.25) is 0 Å². The molecule has 1 aromatic carbocycles. The molecule has 1 aliphatic rings. The fraction of sp³-hybridized carbons (Fsp3) is 0.600. The van der Waals surface area contributed by atoms with Crippen molar-refractivity contribution in [1.82, 2.24) is 5.32 Å². The van der Waals surface area contributed by atoms with Crippen molar-refractivity contribution in [3.63, 3.8) is 0 Å². The van der Waals surface area contributed by atoms with Crippen LogP contribution in [0.15, 0.2) is 24.3 Å². The number of halogens is 1. The Bertz CT molecular complexity index is 340. The molecule has 0 bridgehead atoms. The molecule has 0 saturated heterocycles. The molecule has 0 aromatic heterocycles. The molecule has 0 heterocycles. The third kappa shape index (κ3) is 3.02. The molecule has 1 nitrogen and oxygen atoms in total. The van der Waals surface area contributed by atoms with Crippen molar-refractivity contribution in [2.75, 3.05) is 13.6 Å². The summed E-state index contributed by atoms with van der Waals surface area (Å²) in [5.41, 5.74) is 1.97. The van der Waals surface area contributed by atoms with E-state index >= 15 is 0 Å². The van der Waals surface area contributed by atoms with Crippen molar-refractivity contribution in [1.29, 1.82) is 0 Å². The van der Waals surface area contributed by atoms with Crippen LogP contribution < -0.4 is 5.32 Å². The monoisotopic (exact) mass is 251 g/mol. The lowest BCUT2D eigenvalue weighted by Crippen LogP contribution is -2.34. The summed E-state index contributed by atoms with van der Waals surface area (Å²) in [6, 6.07) is 8.51. The van der Waals surface area contributed by atoms with Gasteiger partial charge in [0.2, 0.25) is 0 Å². The molecule has 1 aromatic rings. The first-order chi connectivity index (χ1) is 8.27. The molecule has 2 rings (SSSR count). The summed E-state index contributed by atoms with van der Waals surface area (Å²) in [5, 5.41) is 4.07. The maximum Gasteiger partial charge on any atom is 0.0406 e. The van der Waals surface area contributed by atoms with Crippen LogP contribution in [0.2, 0.25) is 5.02 Å². The normalized spacial score (nSPS) is 17.8. The molecule has 0 amide bonds. The second kappa shape index (κ2) is 5.88. The SMILES string of the molecule is CNCCCCC1(c2ccc(Cl)cc2)CCC1. The largest absolute Gasteiger partial charge is 0.320 e. The Morgan fingerprint density at radius 3 is 2.41 bits per heavy atom. The third-order valence-electron chi connectivity index (χ3n) is 4.10. The lowest BCUT2D eigenvalue weighted by molar-refractivity contribution is 0.219. The predicted molar refractivity (Wildman–Crippen MR) is 74.8 cm³/mol. The van der Waals surface area contributed by atoms with Crippen LogP contribution in [-0.2, 0) is 5.41 Å². The van der Waals surface area contributed by atoms with Gasteiger partial charge in [-0.05, 0) is 62.4 Å². The van der Waals surface area contributed by atoms with E-state index < -0.39 is 0 Å². The fourth-order valence-corrected chi connectivity index (χ4v) is 2.98. The standard InChI is InChI=1S/C15H22ClN/c1-17-12-3-2-9-15(10-4-11-15)13-5-7-14(16)8-6-13/h5-8,17H,2-4,9-12H2,1H3. The second-order valence-electron chi connectivity index (χ2n) is 5.20. The minimum Gasteiger partial charge on any atom is -0.320 e. The molecule has 0 atom stereocenters. The third-order valence-corrected chi connectivity index (χ3v) is 4.35. The van der Waals surface area contributed by atoms with Gasteiger partial charge >= 0.3 is 0 Å². The highest BCUT2D eigenvalue weighted by molar-refractivity contribution is 6.30. The number of nitrogens with one attached hydrogen (secondary N) is 1. The van der Waals surface area contributed by atoms with Gasteiger partial charge in [0.25, 0.3) is 0 Å². The number of unbranched alkanes of at least 4 members (excludes halogenated alkanes) is 1. The van der Waals surface area contributed by atoms with Crippen molar-refractivity contribution in [3.8, 4) is 0 Å². The summed E-state index contributed by atoms with van der Waals surface area (Å²) in [5.74, 6) is 0. The zero-order valence-corrected chi connectivity index (χ0v) is 11.4. The van der Waals surface area contributed by atoms with Crippen LogP contribution in [0.4, 0.5) is 0 Å². The zero-order chi connectivity index (χ0) is 12.1. The molecule has 2 heteroatoms. The van der Waals surface area contributed by atoms with Gasteiger partial charge in [-0.25, -0.2) is 0 Å². The van der Waals surface area contributed by atoms with E-state index in [4.69, 9.17) is 11.6 Å². The van der Waals surface area contributed by atoms with Gasteiger partial charge in [-0.2, -0.15) is 0 Å². The molecule has 0 aliphatic heterocycles. The van der Waals surface area contributed by atoms with Gasteiger partial charge in [0.15, 0.2) is 0 Å². The van der Waals surface area contributed by atoms with Crippen molar-refractivity contribution in [3.05, 3.63) is 34.9 Å². The fourth-order valence-electron chi connectivity index (χ4n) is 2.86. The molecule has 1 fully saturated rings. The molecule has 1 aliphatic carbocycles. The Kier molecular flexibility index (Phi) is 4.47. The van der Waals surface area contributed by atoms with Crippen LogP contribution in [0.1, 0.15) is 44.1 Å². The molecule has 17 heavy (non-hydrogen) atoms. The molecule has 0 radical (unpaired) electrons. The van der Waals surface area contributed by atoms with E-state index in [0.717, 1.165) is 11.6 Å². The van der Waals surface area contributed by atoms with E-state index in [-0.39, 0.29) is 0 Å². The summed E-state index contributed by atoms with van der Waals surface area (Å²) in [6.45, 7) is 1.14. The molecular weight excluding hydrogens is 230 g/mol. The molecular formula is C15H22ClN. The quantitative estimate of drug-likeness (QED) is 0.749. The van der Waals surface area contributed by atoms with Crippen LogP contribution in [-0.4, -0.2) is 13.6 Å². The van der Waals surface area contributed by atoms with E-state index in [1.165, 1.54) is 44.1 Å². The average Bonchev–Trinajstić information content (AvgIpc) is 2.29. The average molecular weight is 252 g/mol. The first-order valence-corrected chi connectivity index (χ1v) is 7.05. The van der Waals surface area contributed by atoms with E-state index in [9.17, 15) is 0 Å². The highest BCUT2D eigenvalue weighted by Crippen LogP contribution is 2.47. The smallest absolute Gasteiger partial charge is 0.0406 e. The topological polar surface area (TPSA) is 12.0 Å². The van der Waals surface area contributed by atoms with Gasteiger partial charge < -0.3 is 5.32 Å². The van der Waals surface area contributed by atoms with Crippen LogP contribution in [0.25, 0.3) is 0 Å². The van der Waals surface area contributed by atoms with Gasteiger partial charge in [0.1, 0.15) is 0 Å². The summed E-state index contributed by atoms with van der Waals surface area (Å²) in [4.78, 5) is 0. The first kappa shape index (κ1) is 12.9. The van der Waals surface area contributed by atoms with Gasteiger partial charge in [-0.15, -0.1) is 0 Å². The maximum atomic E-state index is 5.96. The minimum atomic E-state index is 0.471. The number of benzene rings is 1. The molecule has 94 valence electrons. The second-order valence-corrected chi connectivity index (χ2v) is 5.64.